The summed E-state index contributed by atoms with van der Waals surface area (Å²) in [6.07, 6.45) is 3.35. The minimum Gasteiger partial charge on any atom is -0.480 e. The summed E-state index contributed by atoms with van der Waals surface area (Å²) in [4.78, 5) is 88.1. The molecule has 47 heavy (non-hydrogen) atoms. The van der Waals surface area contributed by atoms with E-state index in [1.807, 2.05) is 13.8 Å². The number of aliphatic carboxylic acids is 1. The van der Waals surface area contributed by atoms with Gasteiger partial charge in [0.15, 0.2) is 0 Å². The fraction of sp³-hybridized carbons (Fsp3) is 0.750. The van der Waals surface area contributed by atoms with Crippen LogP contribution in [-0.2, 0) is 33.6 Å². The fourth-order valence-electron chi connectivity index (χ4n) is 4.15. The first-order valence-corrected chi connectivity index (χ1v) is 18.0. The molecule has 6 amide bonds. The second kappa shape index (κ2) is 24.4. The number of amides is 6. The van der Waals surface area contributed by atoms with E-state index in [4.69, 9.17) is 17.2 Å². The molecule has 12 N–H and O–H groups in total. The Hall–Kier alpha value is -2.74. The second-order valence-corrected chi connectivity index (χ2v) is 13.0. The van der Waals surface area contributed by atoms with Gasteiger partial charge in [-0.3, -0.25) is 28.8 Å². The van der Waals surface area contributed by atoms with E-state index in [9.17, 15) is 38.7 Å². The summed E-state index contributed by atoms with van der Waals surface area (Å²) >= 11 is 9.68. The summed E-state index contributed by atoms with van der Waals surface area (Å²) in [5, 5.41) is 21.9. The van der Waals surface area contributed by atoms with E-state index in [0.717, 1.165) is 0 Å². The fourth-order valence-corrected chi connectivity index (χ4v) is 5.13. The van der Waals surface area contributed by atoms with E-state index < -0.39 is 77.7 Å². The molecule has 0 spiro atoms. The number of carbonyl (C=O) groups excluding carboxylic acids is 6. The number of thiol groups is 2. The molecule has 0 saturated carbocycles. The van der Waals surface area contributed by atoms with Gasteiger partial charge in [0, 0.05) is 17.9 Å². The minimum atomic E-state index is -1.35. The van der Waals surface area contributed by atoms with Crippen molar-refractivity contribution in [2.45, 2.75) is 95.0 Å². The third-order valence-corrected chi connectivity index (χ3v) is 8.19. The van der Waals surface area contributed by atoms with Crippen molar-refractivity contribution in [2.24, 2.45) is 23.1 Å². The van der Waals surface area contributed by atoms with Gasteiger partial charge in [-0.05, 0) is 56.6 Å². The van der Waals surface area contributed by atoms with Crippen LogP contribution in [0.3, 0.4) is 0 Å². The third kappa shape index (κ3) is 18.4. The number of thioether (sulfide) groups is 1. The molecule has 6 unspecified atom stereocenters. The summed E-state index contributed by atoms with van der Waals surface area (Å²) in [6, 6.07) is -6.97. The molecule has 19 heteroatoms. The molecule has 0 aromatic heterocycles. The van der Waals surface area contributed by atoms with E-state index >= 15 is 0 Å². The Labute approximate surface area is 291 Å². The van der Waals surface area contributed by atoms with Gasteiger partial charge in [0.05, 0.1) is 6.04 Å². The predicted molar refractivity (Wildman–Crippen MR) is 187 cm³/mol. The van der Waals surface area contributed by atoms with Crippen LogP contribution in [0.4, 0.5) is 0 Å². The zero-order valence-electron chi connectivity index (χ0n) is 27.2. The normalized spacial score (nSPS) is 14.9. The van der Waals surface area contributed by atoms with E-state index in [-0.39, 0.29) is 43.1 Å². The van der Waals surface area contributed by atoms with Crippen LogP contribution in [0.25, 0.3) is 0 Å². The van der Waals surface area contributed by atoms with E-state index in [2.05, 4.69) is 51.8 Å². The monoisotopic (exact) mass is 724 g/mol. The number of hydrogen-bond acceptors (Lipinski definition) is 12. The largest absolute Gasteiger partial charge is 0.480 e. The van der Waals surface area contributed by atoms with Crippen LogP contribution >= 0.6 is 37.0 Å². The van der Waals surface area contributed by atoms with Crippen LogP contribution in [0, 0.1) is 5.92 Å². The number of primary amides is 1. The first kappa shape index (κ1) is 44.3. The Bertz CT molecular complexity index is 1060. The summed E-state index contributed by atoms with van der Waals surface area (Å²) in [5.41, 5.74) is 16.7. The van der Waals surface area contributed by atoms with E-state index in [1.54, 1.807) is 6.26 Å². The lowest BCUT2D eigenvalue weighted by Gasteiger charge is -2.26. The molecular formula is C28H52N8O8S3. The average Bonchev–Trinajstić information content (AvgIpc) is 3.01. The van der Waals surface area contributed by atoms with Gasteiger partial charge in [-0.1, -0.05) is 20.3 Å². The quantitative estimate of drug-likeness (QED) is 0.0358. The maximum atomic E-state index is 13.2. The first-order valence-electron chi connectivity index (χ1n) is 15.3. The Morgan fingerprint density at radius 1 is 0.702 bits per heavy atom. The molecule has 0 fully saturated rings. The zero-order chi connectivity index (χ0) is 36.1. The van der Waals surface area contributed by atoms with Gasteiger partial charge in [0.1, 0.15) is 30.2 Å². The Kier molecular flexibility index (Phi) is 23.0. The van der Waals surface area contributed by atoms with Crippen molar-refractivity contribution in [1.29, 1.82) is 0 Å². The molecule has 0 aliphatic heterocycles. The van der Waals surface area contributed by atoms with Crippen molar-refractivity contribution in [1.82, 2.24) is 26.6 Å². The van der Waals surface area contributed by atoms with Crippen molar-refractivity contribution in [2.75, 3.05) is 30.1 Å². The average molecular weight is 725 g/mol. The van der Waals surface area contributed by atoms with Crippen LogP contribution in [0.5, 0.6) is 0 Å². The van der Waals surface area contributed by atoms with Crippen LogP contribution < -0.4 is 43.8 Å². The molecule has 0 rings (SSSR count). The molecule has 0 aromatic rings. The maximum Gasteiger partial charge on any atom is 0.326 e. The molecule has 0 radical (unpaired) electrons. The molecular weight excluding hydrogens is 673 g/mol. The lowest BCUT2D eigenvalue weighted by molar-refractivity contribution is -0.142. The van der Waals surface area contributed by atoms with Gasteiger partial charge in [-0.15, -0.1) is 0 Å². The molecule has 0 bridgehead atoms. The lowest BCUT2D eigenvalue weighted by atomic mass is 10.0. The Morgan fingerprint density at radius 3 is 1.62 bits per heavy atom. The molecule has 270 valence electrons. The number of rotatable bonds is 25. The molecule has 0 aliphatic carbocycles. The number of hydrogen-bond donors (Lipinski definition) is 11. The third-order valence-electron chi connectivity index (χ3n) is 6.81. The van der Waals surface area contributed by atoms with Gasteiger partial charge in [-0.2, -0.15) is 37.0 Å². The van der Waals surface area contributed by atoms with Crippen molar-refractivity contribution in [3.05, 3.63) is 0 Å². The highest BCUT2D eigenvalue weighted by Gasteiger charge is 2.32. The molecule has 0 aliphatic rings. The van der Waals surface area contributed by atoms with E-state index in [0.29, 0.717) is 31.6 Å². The van der Waals surface area contributed by atoms with Crippen molar-refractivity contribution < 1.29 is 38.7 Å². The van der Waals surface area contributed by atoms with Crippen molar-refractivity contribution >= 4 is 78.4 Å². The van der Waals surface area contributed by atoms with Gasteiger partial charge in [-0.25, -0.2) is 4.79 Å². The number of carboxylic acids is 1. The highest BCUT2D eigenvalue weighted by molar-refractivity contribution is 7.98. The highest BCUT2D eigenvalue weighted by Crippen LogP contribution is 2.08. The number of nitrogens with two attached hydrogens (primary N) is 3. The molecule has 0 heterocycles. The Morgan fingerprint density at radius 2 is 1.17 bits per heavy atom. The molecule has 16 nitrogen and oxygen atoms in total. The van der Waals surface area contributed by atoms with Gasteiger partial charge in [0.25, 0.3) is 0 Å². The van der Waals surface area contributed by atoms with Crippen LogP contribution in [-0.4, -0.2) is 113 Å². The highest BCUT2D eigenvalue weighted by atomic mass is 32.2. The lowest BCUT2D eigenvalue weighted by Crippen LogP contribution is -2.60. The first-order chi connectivity index (χ1) is 22.1. The van der Waals surface area contributed by atoms with Gasteiger partial charge in [0.2, 0.25) is 35.4 Å². The molecule has 0 saturated heterocycles. The Balaban J connectivity index is 5.64. The number of carboxylic acid groups (broad SMARTS) is 1. The predicted octanol–water partition coefficient (Wildman–Crippen LogP) is -2.12. The standard InChI is InChI=1S/C28H52N8O8S3/c1-15(2)12-19(34-23(38)16(30)6-4-5-10-29)25(40)35-21(14-46)27(42)36-20(13-45)26(41)32-17(7-8-22(31)37)24(39)33-18(28(43)44)9-11-47-3/h15-21,45-46H,4-14,29-30H2,1-3H3,(H2,31,37)(H,32,41)(H,33,39)(H,34,38)(H,35,40)(H,36,42)(H,43,44). The van der Waals surface area contributed by atoms with Crippen LogP contribution in [0.1, 0.15) is 58.8 Å². The van der Waals surface area contributed by atoms with Crippen molar-refractivity contribution in [3.8, 4) is 0 Å². The van der Waals surface area contributed by atoms with Gasteiger partial charge < -0.3 is 48.9 Å². The summed E-state index contributed by atoms with van der Waals surface area (Å²) in [7, 11) is 0. The number of nitrogens with one attached hydrogen (secondary N) is 5. The smallest absolute Gasteiger partial charge is 0.326 e. The summed E-state index contributed by atoms with van der Waals surface area (Å²) in [5.74, 6) is -5.65. The SMILES string of the molecule is CSCCC(NC(=O)C(CCC(N)=O)NC(=O)C(CS)NC(=O)C(CS)NC(=O)C(CC(C)C)NC(=O)C(N)CCCCN)C(=O)O. The van der Waals surface area contributed by atoms with Crippen LogP contribution in [0.2, 0.25) is 0 Å². The summed E-state index contributed by atoms with van der Waals surface area (Å²) in [6.45, 7) is 4.18. The van der Waals surface area contributed by atoms with E-state index in [1.165, 1.54) is 11.8 Å². The maximum absolute atomic E-state index is 13.2. The van der Waals surface area contributed by atoms with Crippen LogP contribution in [0.15, 0.2) is 0 Å². The number of carbonyl (C=O) groups is 7. The molecule has 0 aromatic carbocycles. The summed E-state index contributed by atoms with van der Waals surface area (Å²) < 4.78 is 0. The molecule has 6 atom stereocenters. The second-order valence-electron chi connectivity index (χ2n) is 11.3. The topological polar surface area (TPSA) is 278 Å². The minimum absolute atomic E-state index is 0.00364. The van der Waals surface area contributed by atoms with Crippen molar-refractivity contribution in [3.63, 3.8) is 0 Å². The zero-order valence-corrected chi connectivity index (χ0v) is 29.8. The van der Waals surface area contributed by atoms with Gasteiger partial charge >= 0.3 is 5.97 Å². The number of unbranched alkanes of at least 4 members (excludes halogenated alkanes) is 1.